The van der Waals surface area contributed by atoms with Crippen molar-refractivity contribution in [2.75, 3.05) is 73.4 Å². The average molecular weight is 978 g/mol. The first-order valence-electron chi connectivity index (χ1n) is 24.2. The zero-order valence-corrected chi connectivity index (χ0v) is 39.4. The molecule has 0 aliphatic carbocycles. The maximum Gasteiger partial charge on any atom is 0.301 e. The van der Waals surface area contributed by atoms with Crippen molar-refractivity contribution in [1.82, 2.24) is 29.4 Å². The summed E-state index contributed by atoms with van der Waals surface area (Å²) in [6, 6.07) is 17.1. The Morgan fingerprint density at radius 2 is 1.60 bits per heavy atom. The highest BCUT2D eigenvalue weighted by Crippen LogP contribution is 2.43. The number of ketones is 1. The van der Waals surface area contributed by atoms with Crippen LogP contribution in [0.2, 0.25) is 0 Å². The normalized spacial score (nSPS) is 22.4. The smallest absolute Gasteiger partial charge is 0.301 e. The summed E-state index contributed by atoms with van der Waals surface area (Å²) < 4.78 is 73.3. The first-order valence-corrected chi connectivity index (χ1v) is 25.7. The number of benzene rings is 3. The van der Waals surface area contributed by atoms with Crippen molar-refractivity contribution in [3.8, 4) is 11.1 Å². The molecule has 3 amide bonds. The van der Waals surface area contributed by atoms with Crippen LogP contribution >= 0.6 is 0 Å². The molecule has 6 aliphatic heterocycles. The van der Waals surface area contributed by atoms with Crippen LogP contribution in [-0.4, -0.2) is 127 Å². The fourth-order valence-corrected chi connectivity index (χ4v) is 12.8. The third kappa shape index (κ3) is 8.69. The molecular weight excluding hydrogens is 924 g/mol. The number of nitrogens with one attached hydrogen (secondary N) is 3. The van der Waals surface area contributed by atoms with E-state index in [0.717, 1.165) is 117 Å². The second-order valence-corrected chi connectivity index (χ2v) is 21.6. The van der Waals surface area contributed by atoms with E-state index >= 15 is 8.78 Å². The fourth-order valence-electron chi connectivity index (χ4n) is 11.6. The van der Waals surface area contributed by atoms with Crippen molar-refractivity contribution < 1.29 is 40.8 Å². The molecule has 3 aromatic carbocycles. The first kappa shape index (κ1) is 46.1. The van der Waals surface area contributed by atoms with Gasteiger partial charge in [-0.15, -0.1) is 0 Å². The number of rotatable bonds is 11. The van der Waals surface area contributed by atoms with E-state index in [2.05, 4.69) is 52.9 Å². The highest BCUT2D eigenvalue weighted by atomic mass is 32.2. The topological polar surface area (TPSA) is 171 Å². The van der Waals surface area contributed by atoms with Crippen LogP contribution in [0.5, 0.6) is 0 Å². The SMILES string of the molecule is O=C1CCC(N2Cc3cc(N4CCC(CN5CCC6(CC5)CCN(c5ccc(-c7cnc8[nH]cc(C(=O)c9c(F)ccc(NS(=O)(=O)N%10CC[C@@H](F)C%10)c9F)c8c7)cc5)C6)CC4)ccc3C2=O)C(=O)N1. The number of imide groups is 1. The largest absolute Gasteiger partial charge is 0.372 e. The third-order valence-electron chi connectivity index (χ3n) is 15.7. The van der Waals surface area contributed by atoms with Crippen LogP contribution in [0.4, 0.5) is 30.2 Å². The lowest BCUT2D eigenvalue weighted by Crippen LogP contribution is -2.52. The van der Waals surface area contributed by atoms with Crippen LogP contribution in [0.3, 0.4) is 0 Å². The highest BCUT2D eigenvalue weighted by Gasteiger charge is 2.42. The summed E-state index contributed by atoms with van der Waals surface area (Å²) >= 11 is 0. The van der Waals surface area contributed by atoms with Gasteiger partial charge in [-0.25, -0.2) is 18.2 Å². The number of aromatic amines is 1. The molecule has 2 atom stereocenters. The number of likely N-dealkylation sites (tertiary alicyclic amines) is 1. The van der Waals surface area contributed by atoms with E-state index in [-0.39, 0.29) is 48.7 Å². The van der Waals surface area contributed by atoms with Gasteiger partial charge in [0.15, 0.2) is 5.82 Å². The van der Waals surface area contributed by atoms with Crippen LogP contribution in [0.1, 0.15) is 83.2 Å². The van der Waals surface area contributed by atoms with Gasteiger partial charge >= 0.3 is 10.2 Å². The number of hydrogen-bond acceptors (Lipinski definition) is 10. The molecule has 5 saturated heterocycles. The summed E-state index contributed by atoms with van der Waals surface area (Å²) in [6.45, 7) is 7.04. The van der Waals surface area contributed by atoms with E-state index in [0.29, 0.717) is 41.0 Å². The molecule has 1 spiro atoms. The lowest BCUT2D eigenvalue weighted by Gasteiger charge is -2.42. The number of piperidine rings is 3. The molecule has 8 heterocycles. The maximum absolute atomic E-state index is 15.8. The molecule has 15 nitrogen and oxygen atoms in total. The molecule has 6 aliphatic rings. The first-order chi connectivity index (χ1) is 33.7. The molecule has 70 heavy (non-hydrogen) atoms. The van der Waals surface area contributed by atoms with Crippen LogP contribution in [0.25, 0.3) is 22.2 Å². The number of aromatic nitrogens is 2. The van der Waals surface area contributed by atoms with Gasteiger partial charge in [0.05, 0.1) is 11.3 Å². The molecule has 1 unspecified atom stereocenters. The summed E-state index contributed by atoms with van der Waals surface area (Å²) in [5, 5.41) is 2.72. The lowest BCUT2D eigenvalue weighted by atomic mass is 9.77. The molecule has 5 fully saturated rings. The van der Waals surface area contributed by atoms with Crippen molar-refractivity contribution in [2.45, 2.75) is 70.1 Å². The van der Waals surface area contributed by atoms with Gasteiger partial charge in [0, 0.05) is 105 Å². The van der Waals surface area contributed by atoms with Gasteiger partial charge in [-0.3, -0.25) is 29.2 Å². The van der Waals surface area contributed by atoms with E-state index in [1.165, 1.54) is 6.20 Å². The number of carbonyl (C=O) groups is 4. The Bertz CT molecular complexity index is 3030. The van der Waals surface area contributed by atoms with Gasteiger partial charge in [0.1, 0.15) is 23.7 Å². The quantitative estimate of drug-likeness (QED) is 0.0993. The van der Waals surface area contributed by atoms with Crippen molar-refractivity contribution in [3.63, 3.8) is 0 Å². The van der Waals surface area contributed by atoms with Gasteiger partial charge in [0.25, 0.3) is 5.91 Å². The van der Waals surface area contributed by atoms with Crippen LogP contribution < -0.4 is 19.8 Å². The Hall–Kier alpha value is -6.31. The Balaban J connectivity index is 0.676. The number of amides is 3. The Morgan fingerprint density at radius 3 is 2.34 bits per heavy atom. The molecule has 5 aromatic rings. The van der Waals surface area contributed by atoms with Gasteiger partial charge in [0.2, 0.25) is 17.6 Å². The van der Waals surface area contributed by atoms with Gasteiger partial charge in [-0.2, -0.15) is 12.7 Å². The number of pyridine rings is 1. The summed E-state index contributed by atoms with van der Waals surface area (Å²) in [5.41, 5.74) is 4.37. The van der Waals surface area contributed by atoms with Crippen LogP contribution in [0.15, 0.2) is 73.1 Å². The Morgan fingerprint density at radius 1 is 0.843 bits per heavy atom. The molecule has 0 radical (unpaired) electrons. The van der Waals surface area contributed by atoms with Gasteiger partial charge in [-0.1, -0.05) is 12.1 Å². The number of alkyl halides is 1. The molecule has 2 aromatic heterocycles. The fraction of sp³-hybridized carbons (Fsp3) is 0.431. The van der Waals surface area contributed by atoms with Crippen molar-refractivity contribution >= 4 is 61.8 Å². The molecule has 366 valence electrons. The molecule has 0 bridgehead atoms. The number of carbonyl (C=O) groups excluding carboxylic acids is 4. The van der Waals surface area contributed by atoms with Crippen LogP contribution in [-0.2, 0) is 26.3 Å². The third-order valence-corrected chi connectivity index (χ3v) is 17.2. The summed E-state index contributed by atoms with van der Waals surface area (Å²) in [7, 11) is -4.35. The minimum atomic E-state index is -4.35. The zero-order chi connectivity index (χ0) is 48.5. The van der Waals surface area contributed by atoms with E-state index < -0.39 is 57.0 Å². The highest BCUT2D eigenvalue weighted by molar-refractivity contribution is 7.90. The number of anilines is 3. The monoisotopic (exact) mass is 977 g/mol. The second kappa shape index (κ2) is 18.1. The van der Waals surface area contributed by atoms with E-state index in [1.807, 2.05) is 24.3 Å². The van der Waals surface area contributed by atoms with Gasteiger partial charge < -0.3 is 24.6 Å². The van der Waals surface area contributed by atoms with Crippen molar-refractivity contribution in [2.24, 2.45) is 11.3 Å². The summed E-state index contributed by atoms with van der Waals surface area (Å²) in [5.74, 6) is -3.74. The summed E-state index contributed by atoms with van der Waals surface area (Å²) in [6.07, 6.45) is 7.89. The standard InChI is InChI=1S/C51H54F3N9O6S/c52-35-13-19-62(29-35)70(68,69)58-42-8-7-41(53)45(46(42)54)47(65)40-26-56-48-39(40)24-33(25-55-48)32-1-3-36(4-2-32)61-22-16-51(30-61)14-20-59(21-15-51)27-31-11-17-60(18-12-31)37-5-6-38-34(23-37)28-63(50(38)67)43-9-10-44(64)57-49(43)66/h1-8,23-26,31,35,43,58H,9-22,27-30H2,(H,55,56)(H,57,64,66)/t35-,43?/m1/s1. The predicted molar refractivity (Wildman–Crippen MR) is 257 cm³/mol. The summed E-state index contributed by atoms with van der Waals surface area (Å²) in [4.78, 5) is 67.7. The number of hydrogen-bond donors (Lipinski definition) is 3. The van der Waals surface area contributed by atoms with Crippen LogP contribution in [0, 0.1) is 23.0 Å². The average Bonchev–Trinajstić information content (AvgIpc) is 4.17. The minimum absolute atomic E-state index is 0.00637. The Labute approximate surface area is 403 Å². The molecule has 19 heteroatoms. The van der Waals surface area contributed by atoms with Crippen molar-refractivity contribution in [1.29, 1.82) is 0 Å². The van der Waals surface area contributed by atoms with E-state index in [1.54, 1.807) is 17.2 Å². The van der Waals surface area contributed by atoms with E-state index in [9.17, 15) is 32.0 Å². The maximum atomic E-state index is 15.8. The lowest BCUT2D eigenvalue weighted by molar-refractivity contribution is -0.136. The Kier molecular flexibility index (Phi) is 11.9. The number of H-pyrrole nitrogens is 1. The second-order valence-electron chi connectivity index (χ2n) is 20.0. The van der Waals surface area contributed by atoms with E-state index in [4.69, 9.17) is 0 Å². The molecule has 11 rings (SSSR count). The molecule has 0 saturated carbocycles. The van der Waals surface area contributed by atoms with Gasteiger partial charge in [-0.05, 0) is 129 Å². The predicted octanol–water partition coefficient (Wildman–Crippen LogP) is 6.41. The number of halogens is 3. The zero-order valence-electron chi connectivity index (χ0n) is 38.6. The molecular formula is C51H54F3N9O6S. The minimum Gasteiger partial charge on any atom is -0.372 e. The molecule has 3 N–H and O–H groups in total. The van der Waals surface area contributed by atoms with Crippen molar-refractivity contribution in [3.05, 3.63) is 107 Å². The number of fused-ring (bicyclic) bond motifs is 2. The number of nitrogens with zero attached hydrogens (tertiary/aromatic N) is 6.